The molecule has 2 N–H and O–H groups in total. The van der Waals surface area contributed by atoms with Crippen LogP contribution < -0.4 is 0 Å². The summed E-state index contributed by atoms with van der Waals surface area (Å²) >= 11 is 0. The van der Waals surface area contributed by atoms with Gasteiger partial charge in [-0.05, 0) is 11.8 Å². The van der Waals surface area contributed by atoms with Crippen LogP contribution in [-0.2, 0) is 9.59 Å². The Balaban J connectivity index is 4.36. The van der Waals surface area contributed by atoms with Gasteiger partial charge < -0.3 is 10.2 Å². The second-order valence-electron chi connectivity index (χ2n) is 4.91. The van der Waals surface area contributed by atoms with Gasteiger partial charge in [-0.2, -0.15) is 0 Å². The minimum atomic E-state index is -1.31. The molecule has 0 spiro atoms. The minimum absolute atomic E-state index is 0.635. The monoisotopic (exact) mass is 230 g/mol. The van der Waals surface area contributed by atoms with Crippen LogP contribution in [0.25, 0.3) is 0 Å². The van der Waals surface area contributed by atoms with E-state index in [1.165, 1.54) is 0 Å². The third kappa shape index (κ3) is 4.64. The molecule has 0 saturated heterocycles. The molecule has 0 bridgehead atoms. The van der Waals surface area contributed by atoms with Crippen molar-refractivity contribution in [3.05, 3.63) is 0 Å². The number of rotatable bonds is 8. The zero-order chi connectivity index (χ0) is 12.8. The third-order valence-corrected chi connectivity index (χ3v) is 2.95. The van der Waals surface area contributed by atoms with Crippen molar-refractivity contribution in [1.29, 1.82) is 0 Å². The molecule has 0 heterocycles. The fourth-order valence-electron chi connectivity index (χ4n) is 1.93. The highest BCUT2D eigenvalue weighted by Crippen LogP contribution is 2.33. The van der Waals surface area contributed by atoms with Gasteiger partial charge in [0.1, 0.15) is 0 Å². The summed E-state index contributed by atoms with van der Waals surface area (Å²) < 4.78 is 0. The highest BCUT2D eigenvalue weighted by Gasteiger charge is 2.40. The number of unbranched alkanes of at least 4 members (excludes halogenated alkanes) is 3. The molecule has 0 aliphatic carbocycles. The lowest BCUT2D eigenvalue weighted by Crippen LogP contribution is -2.37. The van der Waals surface area contributed by atoms with Gasteiger partial charge in [-0.15, -0.1) is 0 Å². The molecular weight excluding hydrogens is 208 g/mol. The zero-order valence-electron chi connectivity index (χ0n) is 10.3. The highest BCUT2D eigenvalue weighted by atomic mass is 16.4. The SMILES string of the molecule is CCCCCCC(C)(C)C(C(=O)O)C(=O)O. The maximum atomic E-state index is 10.9. The van der Waals surface area contributed by atoms with Crippen LogP contribution in [0.2, 0.25) is 0 Å². The molecule has 0 aliphatic heterocycles. The normalized spacial score (nSPS) is 11.8. The summed E-state index contributed by atoms with van der Waals surface area (Å²) in [7, 11) is 0. The first-order chi connectivity index (χ1) is 7.33. The maximum absolute atomic E-state index is 10.9. The summed E-state index contributed by atoms with van der Waals surface area (Å²) in [5.74, 6) is -3.80. The van der Waals surface area contributed by atoms with Gasteiger partial charge in [0.05, 0.1) is 0 Å². The molecule has 0 atom stereocenters. The van der Waals surface area contributed by atoms with Gasteiger partial charge in [0.15, 0.2) is 5.92 Å². The average molecular weight is 230 g/mol. The number of carboxylic acid groups (broad SMARTS) is 2. The number of carbonyl (C=O) groups is 2. The summed E-state index contributed by atoms with van der Waals surface area (Å²) in [6, 6.07) is 0. The Morgan fingerprint density at radius 2 is 1.56 bits per heavy atom. The molecule has 0 amide bonds. The summed E-state index contributed by atoms with van der Waals surface area (Å²) in [5, 5.41) is 17.8. The Morgan fingerprint density at radius 3 is 1.94 bits per heavy atom. The van der Waals surface area contributed by atoms with E-state index in [0.29, 0.717) is 6.42 Å². The van der Waals surface area contributed by atoms with E-state index in [9.17, 15) is 9.59 Å². The molecule has 4 nitrogen and oxygen atoms in total. The molecule has 4 heteroatoms. The molecule has 0 aromatic rings. The molecule has 0 radical (unpaired) electrons. The highest BCUT2D eigenvalue weighted by molar-refractivity contribution is 5.93. The lowest BCUT2D eigenvalue weighted by Gasteiger charge is -2.28. The second-order valence-corrected chi connectivity index (χ2v) is 4.91. The van der Waals surface area contributed by atoms with Gasteiger partial charge in [0.25, 0.3) is 0 Å². The average Bonchev–Trinajstić information content (AvgIpc) is 2.10. The molecule has 16 heavy (non-hydrogen) atoms. The summed E-state index contributed by atoms with van der Waals surface area (Å²) in [5.41, 5.74) is -0.689. The van der Waals surface area contributed by atoms with E-state index in [0.717, 1.165) is 25.7 Å². The summed E-state index contributed by atoms with van der Waals surface area (Å²) in [6.45, 7) is 5.53. The summed E-state index contributed by atoms with van der Waals surface area (Å²) in [4.78, 5) is 21.8. The molecule has 0 aliphatic rings. The van der Waals surface area contributed by atoms with Gasteiger partial charge in [0.2, 0.25) is 0 Å². The van der Waals surface area contributed by atoms with Crippen LogP contribution in [0.4, 0.5) is 0 Å². The fraction of sp³-hybridized carbons (Fsp3) is 0.833. The van der Waals surface area contributed by atoms with Gasteiger partial charge in [-0.25, -0.2) is 0 Å². The fourth-order valence-corrected chi connectivity index (χ4v) is 1.93. The van der Waals surface area contributed by atoms with E-state index < -0.39 is 23.3 Å². The summed E-state index contributed by atoms with van der Waals surface area (Å²) in [6.07, 6.45) is 4.78. The zero-order valence-corrected chi connectivity index (χ0v) is 10.3. The van der Waals surface area contributed by atoms with Crippen LogP contribution in [0.5, 0.6) is 0 Å². The van der Waals surface area contributed by atoms with Crippen LogP contribution in [0.15, 0.2) is 0 Å². The van der Waals surface area contributed by atoms with Crippen LogP contribution in [0, 0.1) is 11.3 Å². The predicted molar refractivity (Wildman–Crippen MR) is 61.3 cm³/mol. The molecule has 0 aromatic heterocycles. The number of hydrogen-bond donors (Lipinski definition) is 2. The van der Waals surface area contributed by atoms with Crippen molar-refractivity contribution in [1.82, 2.24) is 0 Å². The van der Waals surface area contributed by atoms with Crippen molar-refractivity contribution in [3.8, 4) is 0 Å². The first kappa shape index (κ1) is 14.9. The van der Waals surface area contributed by atoms with Gasteiger partial charge in [0, 0.05) is 0 Å². The van der Waals surface area contributed by atoms with E-state index in [4.69, 9.17) is 10.2 Å². The standard InChI is InChI=1S/C12H22O4/c1-4-5-6-7-8-12(2,3)9(10(13)14)11(15)16/h9H,4-8H2,1-3H3,(H,13,14)(H,15,16). The Labute approximate surface area is 96.7 Å². The molecule has 0 fully saturated rings. The van der Waals surface area contributed by atoms with Crippen molar-refractivity contribution in [3.63, 3.8) is 0 Å². The van der Waals surface area contributed by atoms with E-state index in [2.05, 4.69) is 6.92 Å². The first-order valence-corrected chi connectivity index (χ1v) is 5.78. The smallest absolute Gasteiger partial charge is 0.318 e. The molecule has 0 unspecified atom stereocenters. The second kappa shape index (κ2) is 6.51. The Hall–Kier alpha value is -1.06. The van der Waals surface area contributed by atoms with E-state index in [1.807, 2.05) is 0 Å². The molecule has 0 aromatic carbocycles. The van der Waals surface area contributed by atoms with Crippen molar-refractivity contribution in [2.75, 3.05) is 0 Å². The number of hydrogen-bond acceptors (Lipinski definition) is 2. The van der Waals surface area contributed by atoms with E-state index in [-0.39, 0.29) is 0 Å². The predicted octanol–water partition coefficient (Wildman–Crippen LogP) is 2.77. The lowest BCUT2D eigenvalue weighted by atomic mass is 9.75. The largest absolute Gasteiger partial charge is 0.481 e. The first-order valence-electron chi connectivity index (χ1n) is 5.78. The van der Waals surface area contributed by atoms with Crippen LogP contribution in [-0.4, -0.2) is 22.2 Å². The van der Waals surface area contributed by atoms with E-state index in [1.54, 1.807) is 13.8 Å². The van der Waals surface area contributed by atoms with Crippen molar-refractivity contribution in [2.45, 2.75) is 52.9 Å². The van der Waals surface area contributed by atoms with Crippen LogP contribution in [0.3, 0.4) is 0 Å². The molecular formula is C12H22O4. The van der Waals surface area contributed by atoms with E-state index >= 15 is 0 Å². The van der Waals surface area contributed by atoms with Crippen LogP contribution in [0.1, 0.15) is 52.9 Å². The van der Waals surface area contributed by atoms with Gasteiger partial charge in [-0.3, -0.25) is 9.59 Å². The quantitative estimate of drug-likeness (QED) is 0.496. The van der Waals surface area contributed by atoms with Crippen molar-refractivity contribution < 1.29 is 19.8 Å². The number of carboxylic acids is 2. The van der Waals surface area contributed by atoms with Crippen molar-refractivity contribution >= 4 is 11.9 Å². The van der Waals surface area contributed by atoms with Crippen molar-refractivity contribution in [2.24, 2.45) is 11.3 Å². The lowest BCUT2D eigenvalue weighted by molar-refractivity contribution is -0.160. The number of aliphatic carboxylic acids is 2. The Kier molecular flexibility index (Phi) is 6.08. The Morgan fingerprint density at radius 1 is 1.06 bits per heavy atom. The Bertz CT molecular complexity index is 231. The molecule has 94 valence electrons. The third-order valence-electron chi connectivity index (χ3n) is 2.95. The topological polar surface area (TPSA) is 74.6 Å². The maximum Gasteiger partial charge on any atom is 0.318 e. The van der Waals surface area contributed by atoms with Gasteiger partial charge in [-0.1, -0.05) is 46.5 Å². The van der Waals surface area contributed by atoms with Crippen LogP contribution >= 0.6 is 0 Å². The minimum Gasteiger partial charge on any atom is -0.481 e. The molecule has 0 saturated carbocycles. The molecule has 0 rings (SSSR count). The van der Waals surface area contributed by atoms with Gasteiger partial charge >= 0.3 is 11.9 Å².